The maximum absolute atomic E-state index is 13.1. The molecule has 3 aromatic carbocycles. The summed E-state index contributed by atoms with van der Waals surface area (Å²) in [6.07, 6.45) is 17.4. The number of hydrogen-bond donors (Lipinski definition) is 3. The van der Waals surface area contributed by atoms with Crippen LogP contribution in [0.2, 0.25) is 0 Å². The Kier molecular flexibility index (Phi) is 11.6. The van der Waals surface area contributed by atoms with E-state index in [-0.39, 0.29) is 23.9 Å². The Morgan fingerprint density at radius 2 is 1.11 bits per heavy atom. The van der Waals surface area contributed by atoms with E-state index in [2.05, 4.69) is 82.4 Å². The smallest absolute Gasteiger partial charge is 0.224 e. The average Bonchev–Trinajstić information content (AvgIpc) is 3.72. The lowest BCUT2D eigenvalue weighted by Crippen LogP contribution is -2.39. The fourth-order valence-corrected chi connectivity index (χ4v) is 10.9. The molecule has 0 aromatic heterocycles. The van der Waals surface area contributed by atoms with Crippen LogP contribution >= 0.6 is 0 Å². The van der Waals surface area contributed by atoms with E-state index in [1.54, 1.807) is 11.1 Å². The van der Waals surface area contributed by atoms with Gasteiger partial charge in [0.2, 0.25) is 11.8 Å². The number of nitrogens with one attached hydrogen (secondary N) is 3. The molecule has 6 heteroatoms. The zero-order chi connectivity index (χ0) is 36.1. The van der Waals surface area contributed by atoms with E-state index >= 15 is 0 Å². The van der Waals surface area contributed by atoms with E-state index in [1.807, 2.05) is 18.2 Å². The second-order valence-electron chi connectivity index (χ2n) is 17.4. The van der Waals surface area contributed by atoms with Crippen molar-refractivity contribution in [1.82, 2.24) is 20.9 Å². The van der Waals surface area contributed by atoms with Gasteiger partial charge in [-0.2, -0.15) is 0 Å². The minimum Gasteiger partial charge on any atom is -0.353 e. The van der Waals surface area contributed by atoms with Gasteiger partial charge in [-0.1, -0.05) is 79.7 Å². The fourth-order valence-electron chi connectivity index (χ4n) is 10.9. The molecule has 3 aromatic rings. The van der Waals surface area contributed by atoms with Gasteiger partial charge in [0.05, 0.1) is 12.8 Å². The van der Waals surface area contributed by atoms with E-state index < -0.39 is 0 Å². The molecule has 1 saturated heterocycles. The van der Waals surface area contributed by atoms with Crippen molar-refractivity contribution in [2.75, 3.05) is 13.1 Å². The molecule has 3 fully saturated rings. The highest BCUT2D eigenvalue weighted by atomic mass is 16.2. The van der Waals surface area contributed by atoms with Gasteiger partial charge >= 0.3 is 0 Å². The maximum Gasteiger partial charge on any atom is 0.224 e. The lowest BCUT2D eigenvalue weighted by atomic mass is 9.80. The van der Waals surface area contributed by atoms with Crippen molar-refractivity contribution in [3.8, 4) is 0 Å². The zero-order valence-corrected chi connectivity index (χ0v) is 32.0. The fraction of sp³-hybridized carbons (Fsp3) is 0.574. The van der Waals surface area contributed by atoms with Gasteiger partial charge in [-0.05, 0) is 154 Å². The first-order valence-corrected chi connectivity index (χ1v) is 21.3. The van der Waals surface area contributed by atoms with Crippen LogP contribution in [0.15, 0.2) is 72.8 Å². The Hall–Kier alpha value is -3.48. The highest BCUT2D eigenvalue weighted by Crippen LogP contribution is 2.53. The number of carbonyl (C=O) groups excluding carboxylic acids is 2. The number of fused-ring (bicyclic) bond motifs is 6. The SMILES string of the molecule is CC1CCC(NCCC2CCC(NC(=O)Cc3cccc(CC(=O)NC4CCC(CCN5C6CCC5c5ccccc56)CC4)c3)CC2)c2ccccc21. The zero-order valence-electron chi connectivity index (χ0n) is 32.0. The Morgan fingerprint density at radius 1 is 0.585 bits per heavy atom. The molecule has 2 amide bonds. The van der Waals surface area contributed by atoms with Gasteiger partial charge in [0, 0.05) is 30.2 Å². The first-order chi connectivity index (χ1) is 26.0. The van der Waals surface area contributed by atoms with Crippen LogP contribution in [-0.2, 0) is 22.4 Å². The van der Waals surface area contributed by atoms with Crippen LogP contribution in [0.25, 0.3) is 0 Å². The van der Waals surface area contributed by atoms with E-state index in [9.17, 15) is 9.59 Å². The van der Waals surface area contributed by atoms with Crippen molar-refractivity contribution in [3.63, 3.8) is 0 Å². The molecule has 6 nitrogen and oxygen atoms in total. The third-order valence-corrected chi connectivity index (χ3v) is 13.9. The van der Waals surface area contributed by atoms with Gasteiger partial charge in [0.25, 0.3) is 0 Å². The molecule has 4 unspecified atom stereocenters. The molecule has 8 rings (SSSR count). The molecule has 53 heavy (non-hydrogen) atoms. The first kappa shape index (κ1) is 36.5. The van der Waals surface area contributed by atoms with Gasteiger partial charge in [-0.3, -0.25) is 14.5 Å². The quantitative estimate of drug-likeness (QED) is 0.165. The number of hydrogen-bond acceptors (Lipinski definition) is 4. The molecule has 3 N–H and O–H groups in total. The van der Waals surface area contributed by atoms with Crippen LogP contribution in [0.1, 0.15) is 154 Å². The van der Waals surface area contributed by atoms with Gasteiger partial charge < -0.3 is 16.0 Å². The van der Waals surface area contributed by atoms with E-state index in [0.29, 0.717) is 36.9 Å². The highest BCUT2D eigenvalue weighted by Gasteiger charge is 2.43. The summed E-state index contributed by atoms with van der Waals surface area (Å²) in [5, 5.41) is 10.5. The molecule has 2 saturated carbocycles. The largest absolute Gasteiger partial charge is 0.353 e. The first-order valence-electron chi connectivity index (χ1n) is 21.3. The van der Waals surface area contributed by atoms with Crippen molar-refractivity contribution < 1.29 is 9.59 Å². The number of nitrogens with zero attached hydrogens (tertiary/aromatic N) is 1. The van der Waals surface area contributed by atoms with Crippen molar-refractivity contribution in [3.05, 3.63) is 106 Å². The minimum atomic E-state index is 0.0978. The molecular formula is C47H62N4O2. The molecule has 2 heterocycles. The molecule has 0 radical (unpaired) electrons. The summed E-state index contributed by atoms with van der Waals surface area (Å²) in [5.74, 6) is 2.36. The Morgan fingerprint density at radius 3 is 1.70 bits per heavy atom. The van der Waals surface area contributed by atoms with Gasteiger partial charge in [-0.25, -0.2) is 0 Å². The van der Waals surface area contributed by atoms with Gasteiger partial charge in [-0.15, -0.1) is 0 Å². The second-order valence-corrected chi connectivity index (χ2v) is 17.4. The monoisotopic (exact) mass is 714 g/mol. The molecular weight excluding hydrogens is 653 g/mol. The summed E-state index contributed by atoms with van der Waals surface area (Å²) in [5.41, 5.74) is 8.15. The molecule has 4 atom stereocenters. The van der Waals surface area contributed by atoms with Crippen LogP contribution in [0.5, 0.6) is 0 Å². The van der Waals surface area contributed by atoms with Gasteiger partial charge in [0.1, 0.15) is 0 Å². The molecule has 282 valence electrons. The van der Waals surface area contributed by atoms with E-state index in [4.69, 9.17) is 0 Å². The van der Waals surface area contributed by atoms with Crippen LogP contribution in [-0.4, -0.2) is 41.9 Å². The number of carbonyl (C=O) groups is 2. The molecule has 0 spiro atoms. The van der Waals surface area contributed by atoms with E-state index in [0.717, 1.165) is 55.2 Å². The number of benzene rings is 3. The number of amides is 2. The maximum atomic E-state index is 13.1. The summed E-state index contributed by atoms with van der Waals surface area (Å²) >= 11 is 0. The lowest BCUT2D eigenvalue weighted by Gasteiger charge is -2.32. The summed E-state index contributed by atoms with van der Waals surface area (Å²) < 4.78 is 0. The van der Waals surface area contributed by atoms with Crippen LogP contribution in [0, 0.1) is 11.8 Å². The number of rotatable bonds is 13. The van der Waals surface area contributed by atoms with Crippen molar-refractivity contribution in [1.29, 1.82) is 0 Å². The van der Waals surface area contributed by atoms with Crippen molar-refractivity contribution in [2.45, 2.75) is 146 Å². The summed E-state index contributed by atoms with van der Waals surface area (Å²) in [4.78, 5) is 28.9. The average molecular weight is 715 g/mol. The predicted octanol–water partition coefficient (Wildman–Crippen LogP) is 9.02. The van der Waals surface area contributed by atoms with Gasteiger partial charge in [0.15, 0.2) is 0 Å². The molecule has 2 aliphatic heterocycles. The van der Waals surface area contributed by atoms with Crippen LogP contribution in [0.3, 0.4) is 0 Å². The normalized spacial score (nSPS) is 29.3. The summed E-state index contributed by atoms with van der Waals surface area (Å²) in [6.45, 7) is 4.63. The predicted molar refractivity (Wildman–Crippen MR) is 214 cm³/mol. The topological polar surface area (TPSA) is 73.5 Å². The molecule has 2 bridgehead atoms. The Bertz CT molecular complexity index is 1670. The highest BCUT2D eigenvalue weighted by molar-refractivity contribution is 5.80. The lowest BCUT2D eigenvalue weighted by molar-refractivity contribution is -0.122. The van der Waals surface area contributed by atoms with Crippen LogP contribution < -0.4 is 16.0 Å². The molecule has 5 aliphatic rings. The van der Waals surface area contributed by atoms with Crippen molar-refractivity contribution in [2.24, 2.45) is 11.8 Å². The minimum absolute atomic E-state index is 0.0978. The third kappa shape index (κ3) is 8.75. The second kappa shape index (κ2) is 16.9. The summed E-state index contributed by atoms with van der Waals surface area (Å²) in [6, 6.07) is 28.5. The van der Waals surface area contributed by atoms with Crippen LogP contribution in [0.4, 0.5) is 0 Å². The van der Waals surface area contributed by atoms with Crippen molar-refractivity contribution >= 4 is 11.8 Å². The summed E-state index contributed by atoms with van der Waals surface area (Å²) in [7, 11) is 0. The Balaban J connectivity index is 0.705. The molecule has 3 aliphatic carbocycles. The van der Waals surface area contributed by atoms with E-state index in [1.165, 1.54) is 81.9 Å². The standard InChI is InChI=1S/C47H62N4O2/c1-32-13-22-43(40-10-3-2-9-39(32)40)48-27-25-33-14-18-37(19-15-33)49-46(52)30-35-7-6-8-36(29-35)31-47(53)50-38-20-16-34(17-21-38)26-28-51-44-23-24-45(51)42-12-5-4-11-41(42)44/h2-12,29,32-34,37-38,43-45,48H,13-28,30-31H2,1H3,(H,49,52)(H,50,53). The Labute approximate surface area is 318 Å². The third-order valence-electron chi connectivity index (χ3n) is 13.9.